The lowest BCUT2D eigenvalue weighted by molar-refractivity contribution is -0.461. The Morgan fingerprint density at radius 1 is 0.536 bits per heavy atom. The lowest BCUT2D eigenvalue weighted by Gasteiger charge is -2.42. The van der Waals surface area contributed by atoms with E-state index in [0.29, 0.717) is 32.1 Å². The molecular weight excluding hydrogens is 841 g/mol. The van der Waals surface area contributed by atoms with Crippen LogP contribution in [0.25, 0.3) is 0 Å². The molecule has 0 rings (SSSR count). The zero-order valence-electron chi connectivity index (χ0n) is 30.7. The first kappa shape index (κ1) is 56.6. The topological polar surface area (TPSA) is 126 Å². The molecule has 4 N–H and O–H groups in total. The lowest BCUT2D eigenvalue weighted by Crippen LogP contribution is -2.74. The number of ether oxygens (including phenoxy) is 3. The normalized spacial score (nSPS) is 15.8. The first-order valence-electron chi connectivity index (χ1n) is 16.5. The van der Waals surface area contributed by atoms with Crippen molar-refractivity contribution in [2.24, 2.45) is 0 Å². The molecule has 0 bridgehead atoms. The molecule has 2 atom stereocenters. The average Bonchev–Trinajstić information content (AvgIpc) is 3.01. The number of rotatable bonds is 29. The smallest absolute Gasteiger partial charge is 0.388 e. The zero-order chi connectivity index (χ0) is 43.6. The highest BCUT2D eigenvalue weighted by Gasteiger charge is 2.95. The quantitative estimate of drug-likeness (QED) is 0.0432. The summed E-state index contributed by atoms with van der Waals surface area (Å²) in [5.41, 5.74) is -0.951. The summed E-state index contributed by atoms with van der Waals surface area (Å²) >= 11 is 0. The van der Waals surface area contributed by atoms with Gasteiger partial charge in [0.15, 0.2) is 0 Å². The van der Waals surface area contributed by atoms with Gasteiger partial charge < -0.3 is 25.5 Å². The van der Waals surface area contributed by atoms with Crippen molar-refractivity contribution in [3.8, 4) is 0 Å². The molecule has 0 heterocycles. The predicted octanol–water partition coefficient (Wildman–Crippen LogP) is 9.61. The first-order chi connectivity index (χ1) is 24.5. The average molecular weight is 890 g/mol. The summed E-state index contributed by atoms with van der Waals surface area (Å²) in [6.07, 6.45) is -9.46. The fraction of sp³-hybridized carbons (Fsp3) is 1.00. The van der Waals surface area contributed by atoms with Gasteiger partial charge in [-0.2, -0.15) is 83.1 Å². The summed E-state index contributed by atoms with van der Waals surface area (Å²) < 4.78 is 271. The lowest BCUT2D eigenvalue weighted by atomic mass is 9.87. The summed E-state index contributed by atoms with van der Waals surface area (Å²) in [6.45, 7) is 5.05. The van der Waals surface area contributed by atoms with Crippen LogP contribution in [-0.4, -0.2) is 118 Å². The van der Waals surface area contributed by atoms with Gasteiger partial charge in [-0.05, 0) is 33.6 Å². The molecule has 2 unspecified atom stereocenters. The number of hydrogen-bond acceptors (Lipinski definition) is 8. The molecule has 0 aliphatic rings. The van der Waals surface area contributed by atoms with Crippen molar-refractivity contribution in [1.82, 2.24) is 6.15 Å². The highest BCUT2D eigenvalue weighted by atomic mass is 32.2. The maximum atomic E-state index is 14.0. The van der Waals surface area contributed by atoms with Crippen molar-refractivity contribution < 1.29 is 107 Å². The molecule has 0 aromatic carbocycles. The van der Waals surface area contributed by atoms with E-state index in [4.69, 9.17) is 18.4 Å². The fourth-order valence-corrected chi connectivity index (χ4v) is 5.24. The maximum absolute atomic E-state index is 14.0. The Morgan fingerprint density at radius 3 is 1.30 bits per heavy atom. The van der Waals surface area contributed by atoms with Gasteiger partial charge in [0.1, 0.15) is 12.2 Å². The van der Waals surface area contributed by atoms with E-state index in [1.807, 2.05) is 0 Å². The summed E-state index contributed by atoms with van der Waals surface area (Å²) in [7, 11) is -3.69. The minimum absolute atomic E-state index is 0. The molecule has 0 saturated heterocycles. The maximum Gasteiger partial charge on any atom is 0.460 e. The molecule has 26 heteroatoms. The molecule has 0 saturated carbocycles. The van der Waals surface area contributed by atoms with Crippen LogP contribution in [0.5, 0.6) is 0 Å². The third kappa shape index (κ3) is 14.4. The Morgan fingerprint density at radius 2 is 0.893 bits per heavy atom. The summed E-state index contributed by atoms with van der Waals surface area (Å²) in [6, 6.07) is 0. The third-order valence-electron chi connectivity index (χ3n) is 8.19. The molecule has 0 radical (unpaired) electrons. The third-order valence-corrected chi connectivity index (χ3v) is 8.83. The highest BCUT2D eigenvalue weighted by molar-refractivity contribution is 7.86. The van der Waals surface area contributed by atoms with E-state index in [0.717, 1.165) is 6.26 Å². The van der Waals surface area contributed by atoms with Crippen LogP contribution < -0.4 is 6.15 Å². The second-order valence-corrected chi connectivity index (χ2v) is 14.9. The van der Waals surface area contributed by atoms with E-state index in [9.17, 15) is 88.2 Å². The van der Waals surface area contributed by atoms with Crippen LogP contribution in [0.15, 0.2) is 0 Å². The van der Waals surface area contributed by atoms with Gasteiger partial charge in [0.05, 0.1) is 38.3 Å². The molecule has 8 nitrogen and oxygen atoms in total. The molecular formula is C30H48F17NO7S. The Labute approximate surface area is 312 Å². The van der Waals surface area contributed by atoms with E-state index < -0.39 is 94.8 Å². The number of aliphatic hydroxyl groups excluding tert-OH is 1. The Bertz CT molecular complexity index is 1250. The number of aliphatic hydroxyl groups is 1. The van der Waals surface area contributed by atoms with E-state index in [1.165, 1.54) is 6.92 Å². The van der Waals surface area contributed by atoms with Crippen LogP contribution >= 0.6 is 0 Å². The van der Waals surface area contributed by atoms with Crippen molar-refractivity contribution in [1.29, 1.82) is 0 Å². The molecule has 56 heavy (non-hydrogen) atoms. The van der Waals surface area contributed by atoms with Gasteiger partial charge in [-0.15, -0.1) is 0 Å². The van der Waals surface area contributed by atoms with E-state index >= 15 is 0 Å². The molecule has 0 amide bonds. The van der Waals surface area contributed by atoms with Crippen LogP contribution in [0, 0.1) is 0 Å². The second kappa shape index (κ2) is 21.2. The monoisotopic (exact) mass is 889 g/mol. The van der Waals surface area contributed by atoms with Gasteiger partial charge in [0.2, 0.25) is 0 Å². The molecule has 0 spiro atoms. The number of alkyl halides is 17. The minimum atomic E-state index is -8.62. The summed E-state index contributed by atoms with van der Waals surface area (Å²) in [5, 5.41) is 9.91. The molecule has 0 fully saturated rings. The molecule has 0 aliphatic heterocycles. The minimum Gasteiger partial charge on any atom is -0.388 e. The Balaban J connectivity index is 0. The van der Waals surface area contributed by atoms with E-state index in [2.05, 4.69) is 0 Å². The fourth-order valence-electron chi connectivity index (χ4n) is 4.49. The standard InChI is InChI=1S/C30H45F17O7S.H3N/c1-20(54-55(4,49)50)22(2,3)53-17-16-52-19-21(48)18-51-15-13-11-9-7-5-6-8-10-12-14-23(31,32)24(33,34)25(35,36)26(37,38)27(39,40)28(41,42)29(43,44)30(45,46)47;/h20-21,48H,5-19H2,1-4H3;1H3. The van der Waals surface area contributed by atoms with Gasteiger partial charge >= 0.3 is 47.6 Å². The number of hydrogen-bond donors (Lipinski definition) is 2. The van der Waals surface area contributed by atoms with Gasteiger partial charge in [-0.1, -0.05) is 44.9 Å². The molecule has 0 aromatic rings. The van der Waals surface area contributed by atoms with Crippen molar-refractivity contribution in [2.75, 3.05) is 39.3 Å². The summed E-state index contributed by atoms with van der Waals surface area (Å²) in [5.74, 6) is -56.1. The molecule has 0 aliphatic carbocycles. The number of halogens is 17. The predicted molar refractivity (Wildman–Crippen MR) is 165 cm³/mol. The highest BCUT2D eigenvalue weighted by Crippen LogP contribution is 2.64. The van der Waals surface area contributed by atoms with E-state index in [1.54, 1.807) is 13.8 Å². The number of unbranched alkanes of at least 4 members (excludes halogenated alkanes) is 8. The van der Waals surface area contributed by atoms with Crippen molar-refractivity contribution >= 4 is 10.1 Å². The van der Waals surface area contributed by atoms with Gasteiger partial charge in [-0.3, -0.25) is 4.18 Å². The van der Waals surface area contributed by atoms with Crippen molar-refractivity contribution in [3.63, 3.8) is 0 Å². The van der Waals surface area contributed by atoms with Crippen molar-refractivity contribution in [2.45, 2.75) is 150 Å². The SMILES string of the molecule is CC(OS(C)(=O)=O)C(C)(C)OCCOCC(O)COCCCCCCCCCCCC(F)(F)C(F)(F)C(F)(F)C(F)(F)C(F)(F)C(F)(F)C(F)(F)C(F)(F)F.N. The van der Waals surface area contributed by atoms with Crippen LogP contribution in [0.1, 0.15) is 85.0 Å². The van der Waals surface area contributed by atoms with Crippen LogP contribution in [0.3, 0.4) is 0 Å². The van der Waals surface area contributed by atoms with Crippen LogP contribution in [0.4, 0.5) is 74.6 Å². The van der Waals surface area contributed by atoms with Crippen molar-refractivity contribution in [3.05, 3.63) is 0 Å². The Hall–Kier alpha value is -1.48. The molecule has 0 aromatic heterocycles. The van der Waals surface area contributed by atoms with Gasteiger partial charge in [0.25, 0.3) is 10.1 Å². The Kier molecular flexibility index (Phi) is 21.4. The summed E-state index contributed by atoms with van der Waals surface area (Å²) in [4.78, 5) is 0. The van der Waals surface area contributed by atoms with Gasteiger partial charge in [-0.25, -0.2) is 0 Å². The second-order valence-electron chi connectivity index (χ2n) is 13.3. The largest absolute Gasteiger partial charge is 0.460 e. The van der Waals surface area contributed by atoms with Crippen LogP contribution in [0.2, 0.25) is 0 Å². The van der Waals surface area contributed by atoms with Crippen LogP contribution in [-0.2, 0) is 28.5 Å². The van der Waals surface area contributed by atoms with E-state index in [-0.39, 0.29) is 52.0 Å². The van der Waals surface area contributed by atoms with Gasteiger partial charge in [0, 0.05) is 13.0 Å². The zero-order valence-corrected chi connectivity index (χ0v) is 31.5. The first-order valence-corrected chi connectivity index (χ1v) is 18.4. The molecule has 340 valence electrons.